The van der Waals surface area contributed by atoms with E-state index in [0.717, 1.165) is 11.5 Å². The highest BCUT2D eigenvalue weighted by Gasteiger charge is 2.38. The maximum absolute atomic E-state index is 14.3. The lowest BCUT2D eigenvalue weighted by atomic mass is 10.1. The lowest BCUT2D eigenvalue weighted by molar-refractivity contribution is -0.152. The van der Waals surface area contributed by atoms with Crippen molar-refractivity contribution in [3.63, 3.8) is 0 Å². The molecule has 0 bridgehead atoms. The largest absolute Gasteiger partial charge is 0.394 e. The highest BCUT2D eigenvalue weighted by Crippen LogP contribution is 2.27. The normalized spacial score (nSPS) is 17.7. The molecular formula is C11H18FN3O4. The number of nitrogens with zero attached hydrogens (tertiary/aromatic N) is 2. The predicted octanol–water partition coefficient (Wildman–Crippen LogP) is -0.558. The maximum Gasteiger partial charge on any atom is 0.351 e. The summed E-state index contributed by atoms with van der Waals surface area (Å²) < 4.78 is 20.4. The molecule has 1 unspecified atom stereocenters. The number of nitrogens with two attached hydrogens (primary N) is 1. The second kappa shape index (κ2) is 6.09. The highest BCUT2D eigenvalue weighted by atomic mass is 19.1. The Labute approximate surface area is 109 Å². The Kier molecular flexibility index (Phi) is 4.98. The third-order valence-electron chi connectivity index (χ3n) is 2.55. The van der Waals surface area contributed by atoms with Gasteiger partial charge in [-0.3, -0.25) is 4.57 Å². The summed E-state index contributed by atoms with van der Waals surface area (Å²) >= 11 is 0. The van der Waals surface area contributed by atoms with Crippen LogP contribution in [0.4, 0.5) is 10.2 Å². The number of hydrogen-bond donors (Lipinski definition) is 3. The molecule has 4 N–H and O–H groups in total. The van der Waals surface area contributed by atoms with E-state index in [9.17, 15) is 9.18 Å². The summed E-state index contributed by atoms with van der Waals surface area (Å²) in [5.74, 6) is -0.000216. The van der Waals surface area contributed by atoms with Crippen LogP contribution in [0.2, 0.25) is 0 Å². The Morgan fingerprint density at radius 3 is 2.74 bits per heavy atom. The molecule has 0 spiro atoms. The molecule has 108 valence electrons. The standard InChI is InChI=1S/C11H18FN3O4/c1-7(5-16)19-9(11(2,12)6-17)15-4-3-8(13)14-10(15)18/h3-4,7,9,16-17H,5-6H2,1-2H3,(H2,13,14,18)/t7-,9?,11+/m0/s1. The van der Waals surface area contributed by atoms with Crippen LogP contribution >= 0.6 is 0 Å². The number of hydrogen-bond acceptors (Lipinski definition) is 6. The number of anilines is 1. The van der Waals surface area contributed by atoms with Crippen molar-refractivity contribution in [2.24, 2.45) is 0 Å². The first kappa shape index (κ1) is 15.5. The summed E-state index contributed by atoms with van der Waals surface area (Å²) in [6, 6.07) is 1.31. The number of halogens is 1. The minimum absolute atomic E-state index is 0.000216. The molecule has 1 rings (SSSR count). The van der Waals surface area contributed by atoms with Crippen molar-refractivity contribution in [2.75, 3.05) is 18.9 Å². The van der Waals surface area contributed by atoms with Crippen LogP contribution in [0.5, 0.6) is 0 Å². The van der Waals surface area contributed by atoms with Crippen molar-refractivity contribution in [3.05, 3.63) is 22.7 Å². The second-order valence-corrected chi connectivity index (χ2v) is 4.46. The smallest absolute Gasteiger partial charge is 0.351 e. The van der Waals surface area contributed by atoms with Gasteiger partial charge in [-0.25, -0.2) is 9.18 Å². The third kappa shape index (κ3) is 3.72. The topological polar surface area (TPSA) is 111 Å². The average molecular weight is 275 g/mol. The molecule has 0 fully saturated rings. The van der Waals surface area contributed by atoms with E-state index in [2.05, 4.69) is 4.98 Å². The minimum Gasteiger partial charge on any atom is -0.394 e. The summed E-state index contributed by atoms with van der Waals surface area (Å²) in [6.07, 6.45) is -0.899. The van der Waals surface area contributed by atoms with Gasteiger partial charge in [0.1, 0.15) is 5.82 Å². The van der Waals surface area contributed by atoms with Crippen molar-refractivity contribution < 1.29 is 19.3 Å². The lowest BCUT2D eigenvalue weighted by Crippen LogP contribution is -2.44. The van der Waals surface area contributed by atoms with Crippen LogP contribution < -0.4 is 11.4 Å². The fourth-order valence-electron chi connectivity index (χ4n) is 1.44. The van der Waals surface area contributed by atoms with Gasteiger partial charge in [0.25, 0.3) is 0 Å². The van der Waals surface area contributed by atoms with Crippen LogP contribution in [-0.4, -0.2) is 44.8 Å². The first-order valence-electron chi connectivity index (χ1n) is 5.72. The van der Waals surface area contributed by atoms with E-state index in [1.54, 1.807) is 0 Å². The van der Waals surface area contributed by atoms with E-state index < -0.39 is 30.3 Å². The van der Waals surface area contributed by atoms with Gasteiger partial charge in [0.15, 0.2) is 11.9 Å². The summed E-state index contributed by atoms with van der Waals surface area (Å²) in [5, 5.41) is 18.0. The molecule has 0 saturated carbocycles. The van der Waals surface area contributed by atoms with Crippen molar-refractivity contribution in [1.82, 2.24) is 9.55 Å². The van der Waals surface area contributed by atoms with Gasteiger partial charge in [0, 0.05) is 6.20 Å². The van der Waals surface area contributed by atoms with Crippen LogP contribution in [-0.2, 0) is 4.74 Å². The number of aliphatic hydroxyl groups excluding tert-OH is 2. The van der Waals surface area contributed by atoms with Crippen molar-refractivity contribution in [3.8, 4) is 0 Å². The Bertz CT molecular complexity index is 477. The van der Waals surface area contributed by atoms with Crippen LogP contribution in [0.25, 0.3) is 0 Å². The van der Waals surface area contributed by atoms with Gasteiger partial charge in [-0.05, 0) is 19.9 Å². The Morgan fingerprint density at radius 1 is 1.63 bits per heavy atom. The molecule has 0 aliphatic rings. The summed E-state index contributed by atoms with van der Waals surface area (Å²) in [6.45, 7) is 1.39. The zero-order valence-electron chi connectivity index (χ0n) is 10.8. The highest BCUT2D eigenvalue weighted by molar-refractivity contribution is 5.23. The predicted molar refractivity (Wildman–Crippen MR) is 66.2 cm³/mol. The quantitative estimate of drug-likeness (QED) is 0.642. The van der Waals surface area contributed by atoms with Gasteiger partial charge < -0.3 is 20.7 Å². The van der Waals surface area contributed by atoms with Gasteiger partial charge in [0.2, 0.25) is 0 Å². The average Bonchev–Trinajstić information content (AvgIpc) is 2.36. The minimum atomic E-state index is -2.22. The molecule has 0 saturated heterocycles. The zero-order chi connectivity index (χ0) is 14.6. The number of alkyl halides is 1. The van der Waals surface area contributed by atoms with Gasteiger partial charge in [-0.2, -0.15) is 4.98 Å². The maximum atomic E-state index is 14.3. The van der Waals surface area contributed by atoms with E-state index in [1.807, 2.05) is 0 Å². The molecule has 1 aromatic rings. The summed E-state index contributed by atoms with van der Waals surface area (Å²) in [7, 11) is 0. The fourth-order valence-corrected chi connectivity index (χ4v) is 1.44. The number of rotatable bonds is 6. The first-order chi connectivity index (χ1) is 8.81. The molecular weight excluding hydrogens is 257 g/mol. The fraction of sp³-hybridized carbons (Fsp3) is 0.636. The molecule has 0 amide bonds. The number of aromatic nitrogens is 2. The van der Waals surface area contributed by atoms with Crippen molar-refractivity contribution >= 4 is 5.82 Å². The van der Waals surface area contributed by atoms with Gasteiger partial charge in [-0.15, -0.1) is 0 Å². The molecule has 0 aliphatic heterocycles. The molecule has 7 nitrogen and oxygen atoms in total. The van der Waals surface area contributed by atoms with E-state index in [-0.39, 0.29) is 12.4 Å². The molecule has 8 heteroatoms. The molecule has 1 aromatic heterocycles. The Morgan fingerprint density at radius 2 is 2.26 bits per heavy atom. The van der Waals surface area contributed by atoms with E-state index in [0.29, 0.717) is 0 Å². The Balaban J connectivity index is 3.19. The summed E-state index contributed by atoms with van der Waals surface area (Å²) in [4.78, 5) is 15.2. The second-order valence-electron chi connectivity index (χ2n) is 4.46. The molecule has 19 heavy (non-hydrogen) atoms. The van der Waals surface area contributed by atoms with Gasteiger partial charge >= 0.3 is 5.69 Å². The molecule has 1 heterocycles. The number of ether oxygens (including phenoxy) is 1. The van der Waals surface area contributed by atoms with Crippen molar-refractivity contribution in [2.45, 2.75) is 31.8 Å². The lowest BCUT2D eigenvalue weighted by Gasteiger charge is -2.31. The number of aliphatic hydroxyl groups is 2. The van der Waals surface area contributed by atoms with Crippen LogP contribution in [0.15, 0.2) is 17.1 Å². The molecule has 0 aromatic carbocycles. The van der Waals surface area contributed by atoms with E-state index in [4.69, 9.17) is 20.7 Å². The Hall–Kier alpha value is -1.51. The van der Waals surface area contributed by atoms with Crippen LogP contribution in [0.1, 0.15) is 20.1 Å². The van der Waals surface area contributed by atoms with Crippen LogP contribution in [0.3, 0.4) is 0 Å². The zero-order valence-corrected chi connectivity index (χ0v) is 10.8. The molecule has 3 atom stereocenters. The summed E-state index contributed by atoms with van der Waals surface area (Å²) in [5.41, 5.74) is 2.33. The SMILES string of the molecule is C[C@@H](CO)OC(n1ccc(N)nc1=O)[C@](C)(F)CO. The van der Waals surface area contributed by atoms with Crippen molar-refractivity contribution in [1.29, 1.82) is 0 Å². The number of nitrogen functional groups attached to an aromatic ring is 1. The van der Waals surface area contributed by atoms with E-state index >= 15 is 0 Å². The van der Waals surface area contributed by atoms with E-state index in [1.165, 1.54) is 19.2 Å². The van der Waals surface area contributed by atoms with Crippen LogP contribution in [0, 0.1) is 0 Å². The molecule has 0 radical (unpaired) electrons. The third-order valence-corrected chi connectivity index (χ3v) is 2.55. The first-order valence-corrected chi connectivity index (χ1v) is 5.72. The van der Waals surface area contributed by atoms with Gasteiger partial charge in [0.05, 0.1) is 19.3 Å². The molecule has 0 aliphatic carbocycles. The monoisotopic (exact) mass is 275 g/mol. The van der Waals surface area contributed by atoms with Gasteiger partial charge in [-0.1, -0.05) is 0 Å².